The first-order chi connectivity index (χ1) is 13.6. The molecule has 4 aromatic rings. The third kappa shape index (κ3) is 3.65. The van der Waals surface area contributed by atoms with Crippen molar-refractivity contribution in [3.05, 3.63) is 79.0 Å². The predicted molar refractivity (Wildman–Crippen MR) is 101 cm³/mol. The predicted octanol–water partition coefficient (Wildman–Crippen LogP) is 3.94. The van der Waals surface area contributed by atoms with Gasteiger partial charge in [-0.15, -0.1) is 0 Å². The van der Waals surface area contributed by atoms with E-state index in [1.54, 1.807) is 41.6 Å². The van der Waals surface area contributed by atoms with Crippen LogP contribution in [0.1, 0.15) is 0 Å². The molecule has 0 aliphatic carbocycles. The number of rotatable bonds is 5. The van der Waals surface area contributed by atoms with Gasteiger partial charge in [-0.05, 0) is 42.0 Å². The molecule has 0 bridgehead atoms. The summed E-state index contributed by atoms with van der Waals surface area (Å²) in [5.41, 5.74) is 3.77. The van der Waals surface area contributed by atoms with Crippen LogP contribution in [-0.2, 0) is 6.54 Å². The molecule has 4 rings (SSSR count). The summed E-state index contributed by atoms with van der Waals surface area (Å²) in [7, 11) is 0. The van der Waals surface area contributed by atoms with E-state index in [1.165, 1.54) is 0 Å². The molecule has 1 N–H and O–H groups in total. The van der Waals surface area contributed by atoms with Crippen LogP contribution in [0.3, 0.4) is 0 Å². The van der Waals surface area contributed by atoms with Crippen molar-refractivity contribution in [2.24, 2.45) is 0 Å². The van der Waals surface area contributed by atoms with Gasteiger partial charge in [-0.2, -0.15) is 5.10 Å². The average Bonchev–Trinajstić information content (AvgIpc) is 3.19. The molecule has 28 heavy (non-hydrogen) atoms. The number of hydrogen-bond acceptors (Lipinski definition) is 4. The van der Waals surface area contributed by atoms with E-state index in [0.29, 0.717) is 12.2 Å². The van der Waals surface area contributed by atoms with E-state index in [1.807, 2.05) is 12.3 Å². The number of hydrogen-bond donors (Lipinski definition) is 1. The van der Waals surface area contributed by atoms with Crippen molar-refractivity contribution in [2.45, 2.75) is 6.54 Å². The summed E-state index contributed by atoms with van der Waals surface area (Å²) in [5, 5.41) is 13.2. The van der Waals surface area contributed by atoms with Crippen molar-refractivity contribution in [2.75, 3.05) is 6.61 Å². The topological polar surface area (TPSA) is 63.8 Å². The fourth-order valence-corrected chi connectivity index (χ4v) is 2.94. The number of halogens is 2. The number of benzene rings is 1. The van der Waals surface area contributed by atoms with Crippen LogP contribution in [0.4, 0.5) is 8.78 Å². The lowest BCUT2D eigenvalue weighted by molar-refractivity contribution is 0.269. The molecule has 0 aliphatic heterocycles. The second kappa shape index (κ2) is 7.66. The molecule has 140 valence electrons. The third-order valence-corrected chi connectivity index (χ3v) is 4.33. The van der Waals surface area contributed by atoms with Gasteiger partial charge in [-0.1, -0.05) is 0 Å². The zero-order valence-corrected chi connectivity index (χ0v) is 14.8. The number of nitrogens with zero attached hydrogens (tertiary/aromatic N) is 4. The minimum absolute atomic E-state index is 0.00976. The summed E-state index contributed by atoms with van der Waals surface area (Å²) in [6, 6.07) is 8.72. The van der Waals surface area contributed by atoms with Gasteiger partial charge in [-0.25, -0.2) is 8.78 Å². The van der Waals surface area contributed by atoms with Gasteiger partial charge in [-0.3, -0.25) is 14.6 Å². The maximum atomic E-state index is 14.1. The molecule has 0 fully saturated rings. The van der Waals surface area contributed by atoms with Gasteiger partial charge in [0.05, 0.1) is 25.0 Å². The summed E-state index contributed by atoms with van der Waals surface area (Å²) in [6.45, 7) is 0.426. The Kier molecular flexibility index (Phi) is 4.90. The second-order valence-electron chi connectivity index (χ2n) is 6.23. The Morgan fingerprint density at radius 1 is 0.893 bits per heavy atom. The molecule has 0 spiro atoms. The van der Waals surface area contributed by atoms with Gasteiger partial charge in [0.15, 0.2) is 0 Å². The van der Waals surface area contributed by atoms with Crippen molar-refractivity contribution in [3.63, 3.8) is 0 Å². The molecule has 1 aromatic carbocycles. The van der Waals surface area contributed by atoms with Crippen LogP contribution >= 0.6 is 0 Å². The van der Waals surface area contributed by atoms with E-state index < -0.39 is 11.6 Å². The van der Waals surface area contributed by atoms with E-state index in [4.69, 9.17) is 5.11 Å². The summed E-state index contributed by atoms with van der Waals surface area (Å²) < 4.78 is 29.3. The van der Waals surface area contributed by atoms with Crippen LogP contribution in [0.25, 0.3) is 33.5 Å². The first-order valence-electron chi connectivity index (χ1n) is 8.64. The van der Waals surface area contributed by atoms with Gasteiger partial charge < -0.3 is 5.11 Å². The zero-order chi connectivity index (χ0) is 19.5. The molecule has 0 aliphatic rings. The Balaban J connectivity index is 1.71. The van der Waals surface area contributed by atoms with Crippen LogP contribution < -0.4 is 0 Å². The van der Waals surface area contributed by atoms with E-state index in [2.05, 4.69) is 15.1 Å². The summed E-state index contributed by atoms with van der Waals surface area (Å²) in [6.07, 6.45) is 8.51. The van der Waals surface area contributed by atoms with E-state index >= 15 is 0 Å². The van der Waals surface area contributed by atoms with Crippen molar-refractivity contribution < 1.29 is 13.9 Å². The van der Waals surface area contributed by atoms with Crippen molar-refractivity contribution in [1.82, 2.24) is 19.7 Å². The van der Waals surface area contributed by atoms with E-state index in [-0.39, 0.29) is 12.2 Å². The lowest BCUT2D eigenvalue weighted by atomic mass is 10.0. The average molecular weight is 378 g/mol. The normalized spacial score (nSPS) is 11.0. The summed E-state index contributed by atoms with van der Waals surface area (Å²) in [4.78, 5) is 8.46. The SMILES string of the molecule is OCCn1cc(-c2cncc(-c3ccnc(-c4cc(F)ccc4F)c3)c2)cn1. The molecule has 0 atom stereocenters. The fraction of sp³-hybridized carbons (Fsp3) is 0.0952. The highest BCUT2D eigenvalue weighted by Gasteiger charge is 2.10. The molecular formula is C21H16F2N4O. The number of aliphatic hydroxyl groups is 1. The first-order valence-corrected chi connectivity index (χ1v) is 8.64. The van der Waals surface area contributed by atoms with Crippen LogP contribution in [0.15, 0.2) is 67.4 Å². The monoisotopic (exact) mass is 378 g/mol. The molecule has 3 heterocycles. The Bertz CT molecular complexity index is 1130. The second-order valence-corrected chi connectivity index (χ2v) is 6.23. The third-order valence-electron chi connectivity index (χ3n) is 4.33. The maximum absolute atomic E-state index is 14.1. The van der Waals surface area contributed by atoms with Crippen LogP contribution in [0.2, 0.25) is 0 Å². The van der Waals surface area contributed by atoms with Crippen LogP contribution in [0.5, 0.6) is 0 Å². The van der Waals surface area contributed by atoms with Crippen molar-refractivity contribution in [3.8, 4) is 33.5 Å². The van der Waals surface area contributed by atoms with Crippen molar-refractivity contribution >= 4 is 0 Å². The Morgan fingerprint density at radius 3 is 2.54 bits per heavy atom. The zero-order valence-electron chi connectivity index (χ0n) is 14.8. The Morgan fingerprint density at radius 2 is 1.71 bits per heavy atom. The largest absolute Gasteiger partial charge is 0.394 e. The fourth-order valence-electron chi connectivity index (χ4n) is 2.94. The molecule has 0 amide bonds. The summed E-state index contributed by atoms with van der Waals surface area (Å²) >= 11 is 0. The van der Waals surface area contributed by atoms with Crippen molar-refractivity contribution in [1.29, 1.82) is 0 Å². The molecule has 5 nitrogen and oxygen atoms in total. The minimum Gasteiger partial charge on any atom is -0.394 e. The molecule has 7 heteroatoms. The van der Waals surface area contributed by atoms with E-state index in [0.717, 1.165) is 40.5 Å². The molecule has 0 unspecified atom stereocenters. The van der Waals surface area contributed by atoms with Gasteiger partial charge >= 0.3 is 0 Å². The highest BCUT2D eigenvalue weighted by Crippen LogP contribution is 2.29. The molecule has 0 saturated carbocycles. The summed E-state index contributed by atoms with van der Waals surface area (Å²) in [5.74, 6) is -1.05. The quantitative estimate of drug-likeness (QED) is 0.571. The minimum atomic E-state index is -0.533. The highest BCUT2D eigenvalue weighted by molar-refractivity contribution is 5.74. The number of aromatic nitrogens is 4. The smallest absolute Gasteiger partial charge is 0.132 e. The number of pyridine rings is 2. The standard InChI is InChI=1S/C21H16F2N4O/c22-18-1-2-20(23)19(9-18)21-8-14(3-4-25-21)15-7-16(11-24-10-15)17-12-26-27(13-17)5-6-28/h1-4,7-13,28H,5-6H2. The Hall–Kier alpha value is -3.45. The first kappa shape index (κ1) is 17.9. The van der Waals surface area contributed by atoms with Crippen LogP contribution in [-0.4, -0.2) is 31.5 Å². The lowest BCUT2D eigenvalue weighted by Crippen LogP contribution is -2.01. The van der Waals surface area contributed by atoms with Gasteiger partial charge in [0, 0.05) is 47.0 Å². The van der Waals surface area contributed by atoms with Gasteiger partial charge in [0.25, 0.3) is 0 Å². The molecule has 0 radical (unpaired) electrons. The molecule has 0 saturated heterocycles. The highest BCUT2D eigenvalue weighted by atomic mass is 19.1. The molecule has 3 aromatic heterocycles. The number of aliphatic hydroxyl groups excluding tert-OH is 1. The van der Waals surface area contributed by atoms with Crippen LogP contribution in [0, 0.1) is 11.6 Å². The van der Waals surface area contributed by atoms with Gasteiger partial charge in [0.1, 0.15) is 11.6 Å². The van der Waals surface area contributed by atoms with E-state index in [9.17, 15) is 8.78 Å². The molecular weight excluding hydrogens is 362 g/mol. The van der Waals surface area contributed by atoms with Gasteiger partial charge in [0.2, 0.25) is 0 Å². The Labute approximate surface area is 160 Å². The lowest BCUT2D eigenvalue weighted by Gasteiger charge is -2.07. The maximum Gasteiger partial charge on any atom is 0.132 e.